The van der Waals surface area contributed by atoms with Gasteiger partial charge in [-0.3, -0.25) is 0 Å². The van der Waals surface area contributed by atoms with E-state index in [1.165, 1.54) is 0 Å². The molecule has 0 aromatic heterocycles. The third-order valence-corrected chi connectivity index (χ3v) is 2.97. The van der Waals surface area contributed by atoms with E-state index in [2.05, 4.69) is 4.74 Å². The van der Waals surface area contributed by atoms with Crippen LogP contribution in [0.5, 0.6) is 0 Å². The Hall–Kier alpha value is -0.710. The minimum absolute atomic E-state index is 0.338. The van der Waals surface area contributed by atoms with Gasteiger partial charge in [-0.15, -0.1) is 0 Å². The molecule has 1 atom stereocenters. The molecule has 0 bridgehead atoms. The van der Waals surface area contributed by atoms with Crippen molar-refractivity contribution in [1.82, 2.24) is 0 Å². The Labute approximate surface area is 87.4 Å². The molecule has 0 radical (unpaired) electrons. The molecule has 1 saturated carbocycles. The Balaban J connectivity index is 2.72. The molecule has 5 heteroatoms. The molecule has 1 N–H and O–H groups in total. The van der Waals surface area contributed by atoms with Gasteiger partial charge in [0.25, 0.3) is 0 Å². The predicted molar refractivity (Wildman–Crippen MR) is 50.0 cm³/mol. The van der Waals surface area contributed by atoms with Crippen molar-refractivity contribution in [2.45, 2.75) is 44.1 Å². The highest BCUT2D eigenvalue weighted by molar-refractivity contribution is 5.76. The van der Waals surface area contributed by atoms with Gasteiger partial charge in [0.2, 0.25) is 0 Å². The molecule has 3 nitrogen and oxygen atoms in total. The van der Waals surface area contributed by atoms with Crippen molar-refractivity contribution in [3.63, 3.8) is 0 Å². The first kappa shape index (κ1) is 12.4. The van der Waals surface area contributed by atoms with Gasteiger partial charge in [0.05, 0.1) is 0 Å². The molecule has 0 spiro atoms. The lowest BCUT2D eigenvalue weighted by atomic mass is 9.83. The highest BCUT2D eigenvalue weighted by Crippen LogP contribution is 2.35. The van der Waals surface area contributed by atoms with Crippen LogP contribution in [-0.4, -0.2) is 30.2 Å². The predicted octanol–water partition coefficient (Wildman–Crippen LogP) is 2.30. The van der Waals surface area contributed by atoms with E-state index in [1.807, 2.05) is 0 Å². The zero-order chi connectivity index (χ0) is 11.5. The summed E-state index contributed by atoms with van der Waals surface area (Å²) in [7, 11) is 1.15. The SMILES string of the molecule is COC(C1CCCCC1)C(F)(F)C(=O)O. The summed E-state index contributed by atoms with van der Waals surface area (Å²) in [6.07, 6.45) is 2.55. The third-order valence-electron chi connectivity index (χ3n) is 2.97. The molecule has 0 amide bonds. The van der Waals surface area contributed by atoms with Gasteiger partial charge in [0.15, 0.2) is 0 Å². The van der Waals surface area contributed by atoms with Crippen LogP contribution in [0.3, 0.4) is 0 Å². The fourth-order valence-corrected chi connectivity index (χ4v) is 2.20. The zero-order valence-corrected chi connectivity index (χ0v) is 8.71. The number of hydrogen-bond acceptors (Lipinski definition) is 2. The average Bonchev–Trinajstić information content (AvgIpc) is 2.19. The second-order valence-electron chi connectivity index (χ2n) is 3.98. The van der Waals surface area contributed by atoms with Gasteiger partial charge >= 0.3 is 11.9 Å². The highest BCUT2D eigenvalue weighted by atomic mass is 19.3. The summed E-state index contributed by atoms with van der Waals surface area (Å²) in [5.41, 5.74) is 0. The number of rotatable bonds is 4. The number of ether oxygens (including phenoxy) is 1. The minimum atomic E-state index is -3.78. The molecule has 0 aromatic rings. The van der Waals surface area contributed by atoms with Crippen molar-refractivity contribution in [3.8, 4) is 0 Å². The van der Waals surface area contributed by atoms with Gasteiger partial charge in [-0.05, 0) is 18.8 Å². The molecule has 1 aliphatic rings. The molecule has 1 fully saturated rings. The molecule has 1 unspecified atom stereocenters. The Kier molecular flexibility index (Phi) is 4.02. The van der Waals surface area contributed by atoms with Crippen LogP contribution < -0.4 is 0 Å². The lowest BCUT2D eigenvalue weighted by Gasteiger charge is -2.32. The van der Waals surface area contributed by atoms with E-state index in [4.69, 9.17) is 5.11 Å². The van der Waals surface area contributed by atoms with Gasteiger partial charge in [-0.25, -0.2) is 4.79 Å². The van der Waals surface area contributed by atoms with Gasteiger partial charge in [0.1, 0.15) is 6.10 Å². The van der Waals surface area contributed by atoms with Crippen LogP contribution in [0.1, 0.15) is 32.1 Å². The molecule has 0 saturated heterocycles. The van der Waals surface area contributed by atoms with Crippen LogP contribution in [0.2, 0.25) is 0 Å². The van der Waals surface area contributed by atoms with Crippen molar-refractivity contribution >= 4 is 5.97 Å². The Morgan fingerprint density at radius 1 is 1.40 bits per heavy atom. The molecule has 0 aromatic carbocycles. The summed E-state index contributed by atoms with van der Waals surface area (Å²) in [5.74, 6) is -6.22. The first-order chi connectivity index (χ1) is 7.00. The Morgan fingerprint density at radius 2 is 1.93 bits per heavy atom. The topological polar surface area (TPSA) is 46.5 Å². The molecule has 15 heavy (non-hydrogen) atoms. The molecule has 0 heterocycles. The highest BCUT2D eigenvalue weighted by Gasteiger charge is 2.51. The maximum absolute atomic E-state index is 13.3. The summed E-state index contributed by atoms with van der Waals surface area (Å²) in [5, 5.41) is 8.44. The Bertz CT molecular complexity index is 225. The molecule has 1 rings (SSSR count). The van der Waals surface area contributed by atoms with E-state index >= 15 is 0 Å². The summed E-state index contributed by atoms with van der Waals surface area (Å²) < 4.78 is 31.2. The number of alkyl halides is 2. The first-order valence-electron chi connectivity index (χ1n) is 5.14. The lowest BCUT2D eigenvalue weighted by Crippen LogP contribution is -2.47. The number of hydrogen-bond donors (Lipinski definition) is 1. The van der Waals surface area contributed by atoms with Crippen LogP contribution in [-0.2, 0) is 9.53 Å². The summed E-state index contributed by atoms with van der Waals surface area (Å²) >= 11 is 0. The van der Waals surface area contributed by atoms with E-state index in [0.29, 0.717) is 12.8 Å². The van der Waals surface area contributed by atoms with Crippen molar-refractivity contribution < 1.29 is 23.4 Å². The number of halogens is 2. The Morgan fingerprint density at radius 3 is 2.33 bits per heavy atom. The van der Waals surface area contributed by atoms with Crippen LogP contribution in [0, 0.1) is 5.92 Å². The minimum Gasteiger partial charge on any atom is -0.477 e. The van der Waals surface area contributed by atoms with E-state index in [1.54, 1.807) is 0 Å². The molecular formula is C10H16F2O3. The van der Waals surface area contributed by atoms with Crippen LogP contribution in [0.4, 0.5) is 8.78 Å². The maximum atomic E-state index is 13.3. The summed E-state index contributed by atoms with van der Waals surface area (Å²) in [4.78, 5) is 10.4. The fourth-order valence-electron chi connectivity index (χ4n) is 2.20. The van der Waals surface area contributed by atoms with Gasteiger partial charge in [0, 0.05) is 7.11 Å². The van der Waals surface area contributed by atoms with Crippen molar-refractivity contribution in [3.05, 3.63) is 0 Å². The van der Waals surface area contributed by atoms with Crippen molar-refractivity contribution in [2.75, 3.05) is 7.11 Å². The number of carbonyl (C=O) groups is 1. The fraction of sp³-hybridized carbons (Fsp3) is 0.900. The molecular weight excluding hydrogens is 206 g/mol. The van der Waals surface area contributed by atoms with E-state index < -0.39 is 18.0 Å². The smallest absolute Gasteiger partial charge is 0.377 e. The number of carboxylic acid groups (broad SMARTS) is 1. The monoisotopic (exact) mass is 222 g/mol. The third kappa shape index (κ3) is 2.65. The molecule has 0 aliphatic heterocycles. The second-order valence-corrected chi connectivity index (χ2v) is 3.98. The number of carboxylic acids is 1. The zero-order valence-electron chi connectivity index (χ0n) is 8.71. The number of methoxy groups -OCH3 is 1. The summed E-state index contributed by atoms with van der Waals surface area (Å²) in [6.45, 7) is 0. The quantitative estimate of drug-likeness (QED) is 0.793. The largest absolute Gasteiger partial charge is 0.477 e. The van der Waals surface area contributed by atoms with E-state index in [0.717, 1.165) is 26.4 Å². The lowest BCUT2D eigenvalue weighted by molar-refractivity contribution is -0.194. The molecule has 88 valence electrons. The number of aliphatic carboxylic acids is 1. The van der Waals surface area contributed by atoms with Gasteiger partial charge in [-0.2, -0.15) is 8.78 Å². The average molecular weight is 222 g/mol. The second kappa shape index (κ2) is 4.88. The van der Waals surface area contributed by atoms with Crippen LogP contribution in [0.25, 0.3) is 0 Å². The van der Waals surface area contributed by atoms with Crippen molar-refractivity contribution in [2.24, 2.45) is 5.92 Å². The standard InChI is InChI=1S/C10H16F2O3/c1-15-8(10(11,12)9(13)14)7-5-3-2-4-6-7/h7-8H,2-6H2,1H3,(H,13,14). The summed E-state index contributed by atoms with van der Waals surface area (Å²) in [6, 6.07) is 0. The van der Waals surface area contributed by atoms with Crippen LogP contribution in [0.15, 0.2) is 0 Å². The van der Waals surface area contributed by atoms with E-state index in [-0.39, 0.29) is 5.92 Å². The van der Waals surface area contributed by atoms with Gasteiger partial charge < -0.3 is 9.84 Å². The van der Waals surface area contributed by atoms with Crippen molar-refractivity contribution in [1.29, 1.82) is 0 Å². The van der Waals surface area contributed by atoms with Crippen LogP contribution >= 0.6 is 0 Å². The normalized spacial score (nSPS) is 21.3. The maximum Gasteiger partial charge on any atom is 0.377 e. The van der Waals surface area contributed by atoms with E-state index in [9.17, 15) is 13.6 Å². The van der Waals surface area contributed by atoms with Gasteiger partial charge in [-0.1, -0.05) is 19.3 Å². The first-order valence-corrected chi connectivity index (χ1v) is 5.14. The molecule has 1 aliphatic carbocycles.